The Hall–Kier alpha value is -3.06. The Morgan fingerprint density at radius 2 is 1.71 bits per heavy atom. The zero-order valence-electron chi connectivity index (χ0n) is 12.4. The second-order valence-electron chi connectivity index (χ2n) is 5.17. The van der Waals surface area contributed by atoms with Crippen molar-refractivity contribution >= 4 is 20.7 Å². The largest absolute Gasteiger partial charge is 0.276 e. The SMILES string of the molecule is O=S(=O)(c1ccccc1)c1ccc2ccnc(-c3ccn[nH]3)c2n1. The van der Waals surface area contributed by atoms with Crippen molar-refractivity contribution in [2.75, 3.05) is 0 Å². The van der Waals surface area contributed by atoms with E-state index in [1.165, 1.54) is 6.07 Å². The summed E-state index contributed by atoms with van der Waals surface area (Å²) in [7, 11) is -3.68. The summed E-state index contributed by atoms with van der Waals surface area (Å²) in [5.74, 6) is 0. The molecule has 0 unspecified atom stereocenters. The number of rotatable bonds is 3. The highest BCUT2D eigenvalue weighted by atomic mass is 32.2. The van der Waals surface area contributed by atoms with Crippen LogP contribution in [0.1, 0.15) is 0 Å². The average molecular weight is 336 g/mol. The fourth-order valence-corrected chi connectivity index (χ4v) is 3.70. The van der Waals surface area contributed by atoms with Crippen molar-refractivity contribution in [3.8, 4) is 11.4 Å². The van der Waals surface area contributed by atoms with E-state index in [1.807, 2.05) is 0 Å². The van der Waals surface area contributed by atoms with E-state index in [0.29, 0.717) is 16.9 Å². The van der Waals surface area contributed by atoms with Gasteiger partial charge >= 0.3 is 0 Å². The van der Waals surface area contributed by atoms with Crippen LogP contribution in [-0.4, -0.2) is 28.6 Å². The molecule has 0 amide bonds. The van der Waals surface area contributed by atoms with Gasteiger partial charge in [-0.3, -0.25) is 10.1 Å². The second-order valence-corrected chi connectivity index (χ2v) is 7.06. The fourth-order valence-electron chi connectivity index (χ4n) is 2.48. The summed E-state index contributed by atoms with van der Waals surface area (Å²) in [6, 6.07) is 15.1. The Bertz CT molecular complexity index is 1110. The van der Waals surface area contributed by atoms with E-state index in [2.05, 4.69) is 20.2 Å². The van der Waals surface area contributed by atoms with E-state index in [0.717, 1.165) is 5.39 Å². The topological polar surface area (TPSA) is 88.6 Å². The zero-order chi connectivity index (χ0) is 16.6. The van der Waals surface area contributed by atoms with E-state index in [9.17, 15) is 8.42 Å². The van der Waals surface area contributed by atoms with Crippen molar-refractivity contribution in [3.63, 3.8) is 0 Å². The Kier molecular flexibility index (Phi) is 3.35. The Balaban J connectivity index is 1.95. The number of aromatic nitrogens is 4. The molecular formula is C17H12N4O2S. The molecule has 3 aromatic heterocycles. The normalized spacial score (nSPS) is 11.7. The molecule has 0 aliphatic rings. The van der Waals surface area contributed by atoms with Crippen LogP contribution >= 0.6 is 0 Å². The first-order valence-corrected chi connectivity index (χ1v) is 8.70. The van der Waals surface area contributed by atoms with Gasteiger partial charge in [-0.05, 0) is 36.4 Å². The maximum atomic E-state index is 12.8. The maximum Gasteiger partial charge on any atom is 0.223 e. The molecule has 1 aromatic carbocycles. The summed E-state index contributed by atoms with van der Waals surface area (Å²) in [6.45, 7) is 0. The van der Waals surface area contributed by atoms with Crippen molar-refractivity contribution in [2.24, 2.45) is 0 Å². The molecule has 0 radical (unpaired) electrons. The minimum absolute atomic E-state index is 0.00466. The molecule has 1 N–H and O–H groups in total. The third kappa shape index (κ3) is 2.35. The van der Waals surface area contributed by atoms with E-state index < -0.39 is 9.84 Å². The van der Waals surface area contributed by atoms with Crippen LogP contribution in [0.4, 0.5) is 0 Å². The molecule has 0 spiro atoms. The molecule has 0 bridgehead atoms. The van der Waals surface area contributed by atoms with Gasteiger partial charge < -0.3 is 0 Å². The lowest BCUT2D eigenvalue weighted by atomic mass is 10.2. The van der Waals surface area contributed by atoms with Gasteiger partial charge in [-0.25, -0.2) is 13.4 Å². The number of hydrogen-bond donors (Lipinski definition) is 1. The molecule has 0 atom stereocenters. The monoisotopic (exact) mass is 336 g/mol. The second kappa shape index (κ2) is 5.54. The van der Waals surface area contributed by atoms with Gasteiger partial charge in [0.2, 0.25) is 9.84 Å². The number of aromatic amines is 1. The number of pyridine rings is 2. The summed E-state index contributed by atoms with van der Waals surface area (Å²) in [5, 5.41) is 7.55. The number of sulfone groups is 1. The Labute approximate surface area is 138 Å². The highest BCUT2D eigenvalue weighted by molar-refractivity contribution is 7.91. The molecule has 0 saturated heterocycles. The van der Waals surface area contributed by atoms with Crippen molar-refractivity contribution in [3.05, 3.63) is 67.0 Å². The summed E-state index contributed by atoms with van der Waals surface area (Å²) in [4.78, 5) is 8.91. The molecule has 24 heavy (non-hydrogen) atoms. The molecule has 0 fully saturated rings. The summed E-state index contributed by atoms with van der Waals surface area (Å²) < 4.78 is 25.5. The minimum atomic E-state index is -3.68. The van der Waals surface area contributed by atoms with Gasteiger partial charge in [0, 0.05) is 17.8 Å². The zero-order valence-corrected chi connectivity index (χ0v) is 13.2. The van der Waals surface area contributed by atoms with Gasteiger partial charge in [0.15, 0.2) is 5.03 Å². The van der Waals surface area contributed by atoms with Gasteiger partial charge in [-0.1, -0.05) is 18.2 Å². The third-order valence-corrected chi connectivity index (χ3v) is 5.34. The van der Waals surface area contributed by atoms with Crippen molar-refractivity contribution in [2.45, 2.75) is 9.92 Å². The van der Waals surface area contributed by atoms with Crippen LogP contribution in [0.15, 0.2) is 76.9 Å². The van der Waals surface area contributed by atoms with Crippen LogP contribution in [0.25, 0.3) is 22.3 Å². The summed E-state index contributed by atoms with van der Waals surface area (Å²) >= 11 is 0. The smallest absolute Gasteiger partial charge is 0.223 e. The number of nitrogens with zero attached hydrogens (tertiary/aromatic N) is 3. The number of fused-ring (bicyclic) bond motifs is 1. The number of hydrogen-bond acceptors (Lipinski definition) is 5. The van der Waals surface area contributed by atoms with Crippen molar-refractivity contribution in [1.82, 2.24) is 20.2 Å². The van der Waals surface area contributed by atoms with Gasteiger partial charge in [0.05, 0.1) is 16.1 Å². The fraction of sp³-hybridized carbons (Fsp3) is 0. The first-order chi connectivity index (χ1) is 11.7. The Morgan fingerprint density at radius 3 is 2.46 bits per heavy atom. The predicted octanol–water partition coefficient (Wildman–Crippen LogP) is 2.85. The molecule has 7 heteroatoms. The average Bonchev–Trinajstić information content (AvgIpc) is 3.16. The van der Waals surface area contributed by atoms with Crippen LogP contribution < -0.4 is 0 Å². The van der Waals surface area contributed by atoms with Crippen LogP contribution in [0, 0.1) is 0 Å². The number of H-pyrrole nitrogens is 1. The third-order valence-electron chi connectivity index (χ3n) is 3.67. The minimum Gasteiger partial charge on any atom is -0.276 e. The van der Waals surface area contributed by atoms with Gasteiger partial charge in [-0.15, -0.1) is 0 Å². The lowest BCUT2D eigenvalue weighted by molar-refractivity contribution is 0.593. The van der Waals surface area contributed by atoms with E-state index >= 15 is 0 Å². The van der Waals surface area contributed by atoms with Crippen molar-refractivity contribution in [1.29, 1.82) is 0 Å². The van der Waals surface area contributed by atoms with Crippen LogP contribution in [0.5, 0.6) is 0 Å². The van der Waals surface area contributed by atoms with Gasteiger partial charge in [0.1, 0.15) is 5.69 Å². The molecule has 118 valence electrons. The van der Waals surface area contributed by atoms with Crippen LogP contribution in [0.3, 0.4) is 0 Å². The van der Waals surface area contributed by atoms with E-state index in [4.69, 9.17) is 0 Å². The highest BCUT2D eigenvalue weighted by Crippen LogP contribution is 2.26. The van der Waals surface area contributed by atoms with Crippen LogP contribution in [-0.2, 0) is 9.84 Å². The Morgan fingerprint density at radius 1 is 0.875 bits per heavy atom. The standard InChI is InChI=1S/C17H12N4O2S/c22-24(23,13-4-2-1-3-5-13)15-7-6-12-8-10-18-17(16(12)20-15)14-9-11-19-21-14/h1-11H,(H,19,21). The first kappa shape index (κ1) is 14.5. The number of nitrogens with one attached hydrogen (secondary N) is 1. The predicted molar refractivity (Wildman–Crippen MR) is 89.0 cm³/mol. The number of benzene rings is 1. The molecule has 0 aliphatic heterocycles. The lowest BCUT2D eigenvalue weighted by Crippen LogP contribution is -2.05. The molecule has 6 nitrogen and oxygen atoms in total. The molecule has 0 saturated carbocycles. The quantitative estimate of drug-likeness (QED) is 0.621. The molecule has 0 aliphatic carbocycles. The van der Waals surface area contributed by atoms with E-state index in [-0.39, 0.29) is 9.92 Å². The van der Waals surface area contributed by atoms with E-state index in [1.54, 1.807) is 60.9 Å². The highest BCUT2D eigenvalue weighted by Gasteiger charge is 2.20. The summed E-state index contributed by atoms with van der Waals surface area (Å²) in [6.07, 6.45) is 3.27. The lowest BCUT2D eigenvalue weighted by Gasteiger charge is -2.07. The maximum absolute atomic E-state index is 12.8. The molecule has 4 aromatic rings. The molecule has 4 rings (SSSR count). The van der Waals surface area contributed by atoms with Gasteiger partial charge in [0.25, 0.3) is 0 Å². The first-order valence-electron chi connectivity index (χ1n) is 7.22. The van der Waals surface area contributed by atoms with Crippen LogP contribution in [0.2, 0.25) is 0 Å². The molecular weight excluding hydrogens is 324 g/mol. The summed E-state index contributed by atoms with van der Waals surface area (Å²) in [5.41, 5.74) is 1.76. The molecule has 3 heterocycles. The van der Waals surface area contributed by atoms with Crippen molar-refractivity contribution < 1.29 is 8.42 Å². The van der Waals surface area contributed by atoms with Gasteiger partial charge in [-0.2, -0.15) is 5.10 Å².